The van der Waals surface area contributed by atoms with E-state index in [1.165, 1.54) is 0 Å². The van der Waals surface area contributed by atoms with Crippen molar-refractivity contribution in [1.82, 2.24) is 0 Å². The molecule has 0 spiro atoms. The molecule has 22 heavy (non-hydrogen) atoms. The predicted octanol–water partition coefficient (Wildman–Crippen LogP) is 2.33. The largest absolute Gasteiger partial charge is 0.481 e. The van der Waals surface area contributed by atoms with E-state index in [0.29, 0.717) is 17.8 Å². The van der Waals surface area contributed by atoms with Gasteiger partial charge < -0.3 is 15.7 Å². The van der Waals surface area contributed by atoms with Crippen molar-refractivity contribution in [1.29, 1.82) is 0 Å². The van der Waals surface area contributed by atoms with Crippen molar-refractivity contribution in [3.63, 3.8) is 0 Å². The Morgan fingerprint density at radius 2 is 1.55 bits per heavy atom. The van der Waals surface area contributed by atoms with Crippen molar-refractivity contribution in [3.8, 4) is 0 Å². The Kier molecular flexibility index (Phi) is 4.21. The summed E-state index contributed by atoms with van der Waals surface area (Å²) in [6, 6.07) is 6.73. The molecule has 0 heterocycles. The molecular weight excluding hydrogens is 284 g/mol. The molecule has 2 atom stereocenters. The fourth-order valence-corrected chi connectivity index (χ4v) is 2.69. The summed E-state index contributed by atoms with van der Waals surface area (Å²) in [6.45, 7) is 5.32. The van der Waals surface area contributed by atoms with Gasteiger partial charge in [-0.25, -0.2) is 0 Å². The van der Waals surface area contributed by atoms with E-state index in [0.717, 1.165) is 0 Å². The Hall–Kier alpha value is -2.37. The quantitative estimate of drug-likeness (QED) is 0.778. The van der Waals surface area contributed by atoms with Crippen molar-refractivity contribution in [2.45, 2.75) is 27.2 Å². The molecule has 1 aliphatic rings. The lowest BCUT2D eigenvalue weighted by Crippen LogP contribution is -2.17. The van der Waals surface area contributed by atoms with E-state index in [9.17, 15) is 14.4 Å². The molecule has 1 aliphatic carbocycles. The number of benzene rings is 1. The first-order chi connectivity index (χ1) is 10.3. The molecule has 1 aromatic carbocycles. The van der Waals surface area contributed by atoms with Gasteiger partial charge in [-0.1, -0.05) is 20.8 Å². The third-order valence-corrected chi connectivity index (χ3v) is 4.13. The third kappa shape index (κ3) is 3.10. The van der Waals surface area contributed by atoms with E-state index < -0.39 is 23.2 Å². The standard InChI is InChI=1S/C16H20N2O4/c1-4-11(19)17-9-5-7-10(8-6-9)18-14(20)12-13(15(21)22)16(12,2)3/h5-8,12-13H,4H2,1-3H3,(H,17,19)(H,18,20)(H,21,22)/t12-,13+/m0/s1. The second-order valence-corrected chi connectivity index (χ2v) is 6.08. The zero-order valence-corrected chi connectivity index (χ0v) is 12.8. The van der Waals surface area contributed by atoms with Crippen LogP contribution in [0.5, 0.6) is 0 Å². The van der Waals surface area contributed by atoms with Gasteiger partial charge in [0, 0.05) is 17.8 Å². The van der Waals surface area contributed by atoms with E-state index >= 15 is 0 Å². The third-order valence-electron chi connectivity index (χ3n) is 4.13. The first-order valence-corrected chi connectivity index (χ1v) is 7.21. The van der Waals surface area contributed by atoms with E-state index in [1.54, 1.807) is 45.0 Å². The summed E-state index contributed by atoms with van der Waals surface area (Å²) in [4.78, 5) is 34.5. The Morgan fingerprint density at radius 1 is 1.05 bits per heavy atom. The van der Waals surface area contributed by atoms with Crippen LogP contribution in [-0.2, 0) is 14.4 Å². The lowest BCUT2D eigenvalue weighted by molar-refractivity contribution is -0.140. The van der Waals surface area contributed by atoms with Crippen LogP contribution in [0.1, 0.15) is 27.2 Å². The van der Waals surface area contributed by atoms with E-state index in [1.807, 2.05) is 0 Å². The van der Waals surface area contributed by atoms with Crippen LogP contribution >= 0.6 is 0 Å². The molecule has 0 radical (unpaired) electrons. The normalized spacial score (nSPS) is 21.8. The number of aliphatic carboxylic acids is 1. The van der Waals surface area contributed by atoms with Gasteiger partial charge in [-0.15, -0.1) is 0 Å². The summed E-state index contributed by atoms with van der Waals surface area (Å²) >= 11 is 0. The van der Waals surface area contributed by atoms with Crippen LogP contribution in [0.15, 0.2) is 24.3 Å². The molecule has 118 valence electrons. The van der Waals surface area contributed by atoms with E-state index in [-0.39, 0.29) is 11.8 Å². The van der Waals surface area contributed by atoms with Crippen LogP contribution < -0.4 is 10.6 Å². The monoisotopic (exact) mass is 304 g/mol. The Bertz CT molecular complexity index is 607. The van der Waals surface area contributed by atoms with Crippen molar-refractivity contribution in [2.24, 2.45) is 17.3 Å². The summed E-state index contributed by atoms with van der Waals surface area (Å²) in [7, 11) is 0. The van der Waals surface area contributed by atoms with Crippen LogP contribution in [-0.4, -0.2) is 22.9 Å². The van der Waals surface area contributed by atoms with Gasteiger partial charge in [-0.05, 0) is 29.7 Å². The summed E-state index contributed by atoms with van der Waals surface area (Å²) in [5.74, 6) is -2.48. The van der Waals surface area contributed by atoms with Crippen LogP contribution in [0.2, 0.25) is 0 Å². The maximum Gasteiger partial charge on any atom is 0.307 e. The SMILES string of the molecule is CCC(=O)Nc1ccc(NC(=O)[C@@H]2[C@H](C(=O)O)C2(C)C)cc1. The molecule has 2 amide bonds. The lowest BCUT2D eigenvalue weighted by Gasteiger charge is -2.08. The molecule has 6 heteroatoms. The smallest absolute Gasteiger partial charge is 0.307 e. The van der Waals surface area contributed by atoms with Gasteiger partial charge in [-0.3, -0.25) is 14.4 Å². The minimum Gasteiger partial charge on any atom is -0.481 e. The van der Waals surface area contributed by atoms with Gasteiger partial charge in [0.05, 0.1) is 11.8 Å². The number of anilines is 2. The molecule has 0 saturated heterocycles. The molecule has 1 fully saturated rings. The van der Waals surface area contributed by atoms with Crippen LogP contribution in [0, 0.1) is 17.3 Å². The minimum absolute atomic E-state index is 0.0826. The van der Waals surface area contributed by atoms with E-state index in [2.05, 4.69) is 10.6 Å². The fourth-order valence-electron chi connectivity index (χ4n) is 2.69. The molecule has 3 N–H and O–H groups in total. The summed E-state index contributed by atoms with van der Waals surface area (Å²) in [5, 5.41) is 14.5. The molecule has 0 bridgehead atoms. The van der Waals surface area contributed by atoms with Gasteiger partial charge >= 0.3 is 5.97 Å². The topological polar surface area (TPSA) is 95.5 Å². The molecule has 2 rings (SSSR count). The number of amides is 2. The van der Waals surface area contributed by atoms with Crippen LogP contribution in [0.25, 0.3) is 0 Å². The van der Waals surface area contributed by atoms with Gasteiger partial charge in [0.1, 0.15) is 0 Å². The lowest BCUT2D eigenvalue weighted by atomic mass is 10.1. The van der Waals surface area contributed by atoms with Gasteiger partial charge in [0.2, 0.25) is 11.8 Å². The zero-order valence-electron chi connectivity index (χ0n) is 12.8. The number of hydrogen-bond donors (Lipinski definition) is 3. The van der Waals surface area contributed by atoms with Crippen molar-refractivity contribution in [3.05, 3.63) is 24.3 Å². The Morgan fingerprint density at radius 3 is 1.95 bits per heavy atom. The number of nitrogens with one attached hydrogen (secondary N) is 2. The summed E-state index contributed by atoms with van der Waals surface area (Å²) in [6.07, 6.45) is 0.395. The van der Waals surface area contributed by atoms with Crippen molar-refractivity contribution in [2.75, 3.05) is 10.6 Å². The molecule has 0 unspecified atom stereocenters. The highest BCUT2D eigenvalue weighted by atomic mass is 16.4. The number of carboxylic acid groups (broad SMARTS) is 1. The maximum absolute atomic E-state index is 12.2. The highest BCUT2D eigenvalue weighted by molar-refractivity contribution is 6.00. The fraction of sp³-hybridized carbons (Fsp3) is 0.438. The number of carboxylic acids is 1. The number of rotatable bonds is 5. The van der Waals surface area contributed by atoms with Gasteiger partial charge in [-0.2, -0.15) is 0 Å². The zero-order chi connectivity index (χ0) is 16.5. The minimum atomic E-state index is -0.942. The van der Waals surface area contributed by atoms with Crippen molar-refractivity contribution < 1.29 is 19.5 Å². The molecule has 1 aromatic rings. The Balaban J connectivity index is 1.98. The number of carbonyl (C=O) groups is 3. The van der Waals surface area contributed by atoms with Crippen LogP contribution in [0.3, 0.4) is 0 Å². The first-order valence-electron chi connectivity index (χ1n) is 7.21. The maximum atomic E-state index is 12.2. The first kappa shape index (κ1) is 16.0. The predicted molar refractivity (Wildman–Crippen MR) is 82.4 cm³/mol. The Labute approximate surface area is 128 Å². The average molecular weight is 304 g/mol. The molecule has 6 nitrogen and oxygen atoms in total. The second kappa shape index (κ2) is 5.79. The second-order valence-electron chi connectivity index (χ2n) is 6.08. The van der Waals surface area contributed by atoms with E-state index in [4.69, 9.17) is 5.11 Å². The van der Waals surface area contributed by atoms with Gasteiger partial charge in [0.25, 0.3) is 0 Å². The molecule has 0 aliphatic heterocycles. The highest BCUT2D eigenvalue weighted by Gasteiger charge is 2.65. The average Bonchev–Trinajstić information content (AvgIpc) is 3.04. The molecular formula is C16H20N2O4. The highest BCUT2D eigenvalue weighted by Crippen LogP contribution is 2.58. The molecule has 1 saturated carbocycles. The van der Waals surface area contributed by atoms with Crippen molar-refractivity contribution >= 4 is 29.2 Å². The number of carbonyl (C=O) groups excluding carboxylic acids is 2. The molecule has 0 aromatic heterocycles. The number of hydrogen-bond acceptors (Lipinski definition) is 3. The summed E-state index contributed by atoms with van der Waals surface area (Å²) < 4.78 is 0. The summed E-state index contributed by atoms with van der Waals surface area (Å²) in [5.41, 5.74) is 0.705. The van der Waals surface area contributed by atoms with Gasteiger partial charge in [0.15, 0.2) is 0 Å². The van der Waals surface area contributed by atoms with Crippen LogP contribution in [0.4, 0.5) is 11.4 Å².